The molecule has 5 heteroatoms. The molecule has 0 atom stereocenters. The summed E-state index contributed by atoms with van der Waals surface area (Å²) in [6.45, 7) is 1.61. The van der Waals surface area contributed by atoms with Crippen LogP contribution in [-0.4, -0.2) is 28.2 Å². The molecule has 2 aromatic rings. The molecule has 1 heterocycles. The molecule has 0 aliphatic rings. The molecule has 0 saturated heterocycles. The Hall–Kier alpha value is -1.98. The van der Waals surface area contributed by atoms with Crippen LogP contribution in [-0.2, 0) is 6.54 Å². The van der Waals surface area contributed by atoms with E-state index in [4.69, 9.17) is 10.8 Å². The molecule has 1 aromatic heterocycles. The maximum absolute atomic E-state index is 8.71. The van der Waals surface area contributed by atoms with Crippen molar-refractivity contribution < 1.29 is 5.11 Å². The van der Waals surface area contributed by atoms with Crippen LogP contribution in [0.25, 0.3) is 11.1 Å². The van der Waals surface area contributed by atoms with Gasteiger partial charge < -0.3 is 16.2 Å². The number of benzene rings is 1. The van der Waals surface area contributed by atoms with Crippen molar-refractivity contribution in [3.63, 3.8) is 0 Å². The second kappa shape index (κ2) is 8.34. The largest absolute Gasteiger partial charge is 0.396 e. The summed E-state index contributed by atoms with van der Waals surface area (Å²) in [4.78, 5) is 8.65. The molecule has 21 heavy (non-hydrogen) atoms. The number of nitrogens with one attached hydrogen (secondary N) is 1. The van der Waals surface area contributed by atoms with Gasteiger partial charge in [-0.25, -0.2) is 9.97 Å². The molecule has 0 unspecified atom stereocenters. The van der Waals surface area contributed by atoms with Gasteiger partial charge in [0, 0.05) is 37.7 Å². The highest BCUT2D eigenvalue weighted by Gasteiger charge is 2.01. The molecule has 0 spiro atoms. The van der Waals surface area contributed by atoms with Crippen LogP contribution in [0.2, 0.25) is 0 Å². The van der Waals surface area contributed by atoms with Crippen LogP contribution in [0.5, 0.6) is 0 Å². The van der Waals surface area contributed by atoms with E-state index in [0.717, 1.165) is 42.5 Å². The zero-order chi connectivity index (χ0) is 14.9. The molecule has 4 N–H and O–H groups in total. The average molecular weight is 286 g/mol. The summed E-state index contributed by atoms with van der Waals surface area (Å²) in [6.07, 6.45) is 6.49. The summed E-state index contributed by atoms with van der Waals surface area (Å²) in [6, 6.07) is 8.08. The Morgan fingerprint density at radius 1 is 1.05 bits per heavy atom. The first-order chi connectivity index (χ1) is 10.3. The van der Waals surface area contributed by atoms with E-state index in [2.05, 4.69) is 21.4 Å². The second-order valence-corrected chi connectivity index (χ2v) is 4.91. The van der Waals surface area contributed by atoms with Gasteiger partial charge in [-0.15, -0.1) is 0 Å². The Balaban J connectivity index is 1.92. The molecule has 0 aliphatic carbocycles. The number of aliphatic hydroxyl groups excluding tert-OH is 1. The lowest BCUT2D eigenvalue weighted by molar-refractivity contribution is 0.283. The third kappa shape index (κ3) is 4.81. The van der Waals surface area contributed by atoms with Crippen LogP contribution in [0.4, 0.5) is 5.95 Å². The Morgan fingerprint density at radius 2 is 1.86 bits per heavy atom. The summed E-state index contributed by atoms with van der Waals surface area (Å²) in [5, 5.41) is 11.9. The van der Waals surface area contributed by atoms with Gasteiger partial charge in [0.15, 0.2) is 0 Å². The molecule has 0 amide bonds. The van der Waals surface area contributed by atoms with Gasteiger partial charge in [-0.1, -0.05) is 18.2 Å². The minimum absolute atomic E-state index is 0.257. The summed E-state index contributed by atoms with van der Waals surface area (Å²) in [5.74, 6) is 0.637. The van der Waals surface area contributed by atoms with E-state index < -0.39 is 0 Å². The quantitative estimate of drug-likeness (QED) is 0.648. The zero-order valence-corrected chi connectivity index (χ0v) is 12.1. The van der Waals surface area contributed by atoms with Crippen molar-refractivity contribution >= 4 is 5.95 Å². The van der Waals surface area contributed by atoms with Crippen molar-refractivity contribution in [1.82, 2.24) is 9.97 Å². The lowest BCUT2D eigenvalue weighted by Crippen LogP contribution is -2.05. The maximum Gasteiger partial charge on any atom is 0.222 e. The fourth-order valence-electron chi connectivity index (χ4n) is 2.06. The van der Waals surface area contributed by atoms with E-state index in [9.17, 15) is 0 Å². The van der Waals surface area contributed by atoms with E-state index in [1.807, 2.05) is 30.6 Å². The van der Waals surface area contributed by atoms with Crippen LogP contribution < -0.4 is 11.1 Å². The van der Waals surface area contributed by atoms with Crippen LogP contribution in [0.3, 0.4) is 0 Å². The Bertz CT molecular complexity index is 542. The lowest BCUT2D eigenvalue weighted by atomic mass is 10.1. The fourth-order valence-corrected chi connectivity index (χ4v) is 2.06. The molecule has 0 fully saturated rings. The lowest BCUT2D eigenvalue weighted by Gasteiger charge is -2.06. The van der Waals surface area contributed by atoms with Crippen LogP contribution in [0, 0.1) is 0 Å². The first-order valence-corrected chi connectivity index (χ1v) is 7.29. The van der Waals surface area contributed by atoms with Gasteiger partial charge in [0.25, 0.3) is 0 Å². The number of aromatic nitrogens is 2. The van der Waals surface area contributed by atoms with Crippen molar-refractivity contribution in [2.24, 2.45) is 5.73 Å². The smallest absolute Gasteiger partial charge is 0.222 e. The highest BCUT2D eigenvalue weighted by Crippen LogP contribution is 2.19. The van der Waals surface area contributed by atoms with E-state index >= 15 is 0 Å². The fraction of sp³-hybridized carbons (Fsp3) is 0.375. The number of rotatable bonds is 8. The molecule has 2 rings (SSSR count). The minimum Gasteiger partial charge on any atom is -0.396 e. The Morgan fingerprint density at radius 3 is 2.57 bits per heavy atom. The highest BCUT2D eigenvalue weighted by atomic mass is 16.2. The second-order valence-electron chi connectivity index (χ2n) is 4.91. The average Bonchev–Trinajstić information content (AvgIpc) is 2.55. The third-order valence-electron chi connectivity index (χ3n) is 3.27. The number of unbranched alkanes of at least 4 members (excludes halogenated alkanes) is 2. The van der Waals surface area contributed by atoms with Gasteiger partial charge in [-0.05, 0) is 36.5 Å². The molecule has 0 bridgehead atoms. The minimum atomic E-state index is 0.257. The molecule has 112 valence electrons. The number of hydrogen-bond acceptors (Lipinski definition) is 5. The predicted molar refractivity (Wildman–Crippen MR) is 84.8 cm³/mol. The first-order valence-electron chi connectivity index (χ1n) is 7.29. The maximum atomic E-state index is 8.71. The van der Waals surface area contributed by atoms with Crippen LogP contribution >= 0.6 is 0 Å². The van der Waals surface area contributed by atoms with Gasteiger partial charge in [0.2, 0.25) is 5.95 Å². The predicted octanol–water partition coefficient (Wildman–Crippen LogP) is 2.18. The van der Waals surface area contributed by atoms with Crippen molar-refractivity contribution in [2.45, 2.75) is 25.8 Å². The van der Waals surface area contributed by atoms with Crippen LogP contribution in [0.15, 0.2) is 36.7 Å². The Kier molecular flexibility index (Phi) is 6.12. The van der Waals surface area contributed by atoms with Gasteiger partial charge in [-0.3, -0.25) is 0 Å². The van der Waals surface area contributed by atoms with Crippen molar-refractivity contribution in [2.75, 3.05) is 18.5 Å². The molecule has 1 aromatic carbocycles. The van der Waals surface area contributed by atoms with E-state index in [-0.39, 0.29) is 6.61 Å². The number of hydrogen-bond donors (Lipinski definition) is 3. The van der Waals surface area contributed by atoms with Gasteiger partial charge in [0.05, 0.1) is 0 Å². The SMILES string of the molecule is NCc1cccc(-c2cnc(NCCCCCO)nc2)c1. The van der Waals surface area contributed by atoms with Crippen molar-refractivity contribution in [3.05, 3.63) is 42.2 Å². The summed E-state index contributed by atoms with van der Waals surface area (Å²) in [7, 11) is 0. The molecular weight excluding hydrogens is 264 g/mol. The van der Waals surface area contributed by atoms with E-state index in [1.54, 1.807) is 0 Å². The van der Waals surface area contributed by atoms with E-state index in [1.165, 1.54) is 0 Å². The van der Waals surface area contributed by atoms with Crippen LogP contribution in [0.1, 0.15) is 24.8 Å². The van der Waals surface area contributed by atoms with Gasteiger partial charge in [-0.2, -0.15) is 0 Å². The summed E-state index contributed by atoms with van der Waals surface area (Å²) < 4.78 is 0. The molecule has 0 radical (unpaired) electrons. The first kappa shape index (κ1) is 15.4. The topological polar surface area (TPSA) is 84.1 Å². The standard InChI is InChI=1S/C16H22N4O/c17-10-13-5-4-6-14(9-13)15-11-19-16(20-12-15)18-7-2-1-3-8-21/h4-6,9,11-12,21H,1-3,7-8,10,17H2,(H,18,19,20). The number of nitrogens with two attached hydrogens (primary N) is 1. The zero-order valence-electron chi connectivity index (χ0n) is 12.1. The molecule has 0 aliphatic heterocycles. The van der Waals surface area contributed by atoms with Gasteiger partial charge >= 0.3 is 0 Å². The van der Waals surface area contributed by atoms with Crippen molar-refractivity contribution in [3.8, 4) is 11.1 Å². The number of nitrogens with zero attached hydrogens (tertiary/aromatic N) is 2. The van der Waals surface area contributed by atoms with Crippen molar-refractivity contribution in [1.29, 1.82) is 0 Å². The summed E-state index contributed by atoms with van der Waals surface area (Å²) in [5.41, 5.74) is 8.81. The number of aliphatic hydroxyl groups is 1. The van der Waals surface area contributed by atoms with Gasteiger partial charge in [0.1, 0.15) is 0 Å². The highest BCUT2D eigenvalue weighted by molar-refractivity contribution is 5.62. The Labute approximate surface area is 125 Å². The molecular formula is C16H22N4O. The molecule has 5 nitrogen and oxygen atoms in total. The third-order valence-corrected chi connectivity index (χ3v) is 3.27. The summed E-state index contributed by atoms with van der Waals surface area (Å²) >= 11 is 0. The van der Waals surface area contributed by atoms with E-state index in [0.29, 0.717) is 12.5 Å². The monoisotopic (exact) mass is 286 g/mol. The molecule has 0 saturated carbocycles. The number of anilines is 1. The normalized spacial score (nSPS) is 10.6.